The fourth-order valence-corrected chi connectivity index (χ4v) is 2.42. The predicted molar refractivity (Wildman–Crippen MR) is 97.3 cm³/mol. The van der Waals surface area contributed by atoms with Crippen LogP contribution in [0.15, 0.2) is 18.2 Å². The van der Waals surface area contributed by atoms with Crippen LogP contribution in [0.25, 0.3) is 0 Å². The van der Waals surface area contributed by atoms with Gasteiger partial charge in [0.15, 0.2) is 0 Å². The Balaban J connectivity index is 2.54. The third-order valence-electron chi connectivity index (χ3n) is 2.99. The molecule has 1 rings (SSSR count). The summed E-state index contributed by atoms with van der Waals surface area (Å²) in [4.78, 5) is 24.0. The molecule has 1 aromatic rings. The maximum Gasteiger partial charge on any atom is 0.338 e. The lowest BCUT2D eigenvalue weighted by molar-refractivity contribution is 0.0313. The van der Waals surface area contributed by atoms with Crippen molar-refractivity contribution in [1.82, 2.24) is 0 Å². The summed E-state index contributed by atoms with van der Waals surface area (Å²) in [6.45, 7) is 3.77. The Morgan fingerprint density at radius 1 is 0.917 bits per heavy atom. The normalized spacial score (nSPS) is 10.5. The number of unbranched alkanes of at least 4 members (excludes halogenated alkanes) is 1. The summed E-state index contributed by atoms with van der Waals surface area (Å²) in [6.07, 6.45) is 2.05. The van der Waals surface area contributed by atoms with Gasteiger partial charge in [-0.25, -0.2) is 9.59 Å². The van der Waals surface area contributed by atoms with Crippen molar-refractivity contribution in [3.05, 3.63) is 32.9 Å². The van der Waals surface area contributed by atoms with Gasteiger partial charge in [0.2, 0.25) is 0 Å². The Hall–Kier alpha value is -1.19. The minimum atomic E-state index is -0.498. The summed E-state index contributed by atoms with van der Waals surface area (Å²) >= 11 is 2.04. The summed E-state index contributed by atoms with van der Waals surface area (Å²) in [6, 6.07) is 4.78. The minimum Gasteiger partial charge on any atom is -0.460 e. The summed E-state index contributed by atoms with van der Waals surface area (Å²) in [5, 5.41) is 0. The molecule has 1 aromatic carbocycles. The molecule has 0 saturated heterocycles. The second-order valence-corrected chi connectivity index (χ2v) is 6.20. The van der Waals surface area contributed by atoms with Gasteiger partial charge in [0.25, 0.3) is 0 Å². The predicted octanol–water partition coefficient (Wildman–Crippen LogP) is 3.07. The highest BCUT2D eigenvalue weighted by atomic mass is 127. The molecule has 24 heavy (non-hydrogen) atoms. The van der Waals surface area contributed by atoms with Crippen LogP contribution in [0, 0.1) is 3.57 Å². The van der Waals surface area contributed by atoms with Gasteiger partial charge in [-0.1, -0.05) is 13.3 Å². The number of carbonyl (C=O) groups is 2. The lowest BCUT2D eigenvalue weighted by Crippen LogP contribution is -2.14. The molecule has 0 N–H and O–H groups in total. The van der Waals surface area contributed by atoms with Gasteiger partial charge in [-0.05, 0) is 47.2 Å². The van der Waals surface area contributed by atoms with E-state index in [0.717, 1.165) is 16.4 Å². The highest BCUT2D eigenvalue weighted by molar-refractivity contribution is 14.1. The van der Waals surface area contributed by atoms with Crippen molar-refractivity contribution in [3.63, 3.8) is 0 Å². The van der Waals surface area contributed by atoms with Crippen molar-refractivity contribution in [2.24, 2.45) is 0 Å². The number of hydrogen-bond donors (Lipinski definition) is 0. The molecule has 0 atom stereocenters. The van der Waals surface area contributed by atoms with Crippen molar-refractivity contribution < 1.29 is 28.5 Å². The Morgan fingerprint density at radius 2 is 1.50 bits per heavy atom. The first-order valence-corrected chi connectivity index (χ1v) is 8.88. The third-order valence-corrected chi connectivity index (χ3v) is 3.62. The molecule has 0 aliphatic heterocycles. The Labute approximate surface area is 155 Å². The number of halogens is 1. The number of esters is 2. The number of hydrogen-bond acceptors (Lipinski definition) is 6. The average Bonchev–Trinajstić information content (AvgIpc) is 2.57. The maximum absolute atomic E-state index is 12.1. The van der Waals surface area contributed by atoms with Crippen molar-refractivity contribution in [2.75, 3.05) is 40.1 Å². The van der Waals surface area contributed by atoms with Gasteiger partial charge in [0, 0.05) is 17.3 Å². The van der Waals surface area contributed by atoms with E-state index in [1.54, 1.807) is 12.1 Å². The Morgan fingerprint density at radius 3 is 2.04 bits per heavy atom. The maximum atomic E-state index is 12.1. The quantitative estimate of drug-likeness (QED) is 0.293. The van der Waals surface area contributed by atoms with Crippen LogP contribution < -0.4 is 0 Å². The highest BCUT2D eigenvalue weighted by Crippen LogP contribution is 2.15. The molecule has 0 aliphatic rings. The largest absolute Gasteiger partial charge is 0.460 e. The standard InChI is InChI=1S/C17H23IO6/c1-3-4-5-22-7-9-24-17(20)14-10-13(11-15(18)12-14)16(19)23-8-6-21-2/h10-12H,3-9H2,1-2H3. The molecule has 0 heterocycles. The van der Waals surface area contributed by atoms with E-state index in [1.807, 2.05) is 22.6 Å². The van der Waals surface area contributed by atoms with Crippen LogP contribution in [0.4, 0.5) is 0 Å². The van der Waals surface area contributed by atoms with E-state index in [2.05, 4.69) is 6.92 Å². The van der Waals surface area contributed by atoms with E-state index in [1.165, 1.54) is 13.2 Å². The van der Waals surface area contributed by atoms with Gasteiger partial charge in [0.05, 0.1) is 24.3 Å². The topological polar surface area (TPSA) is 71.1 Å². The molecule has 0 fully saturated rings. The molecule has 134 valence electrons. The fraction of sp³-hybridized carbons (Fsp3) is 0.529. The van der Waals surface area contributed by atoms with Gasteiger partial charge >= 0.3 is 11.9 Å². The number of methoxy groups -OCH3 is 1. The molecule has 0 spiro atoms. The smallest absolute Gasteiger partial charge is 0.338 e. The second-order valence-electron chi connectivity index (χ2n) is 4.96. The SMILES string of the molecule is CCCCOCCOC(=O)c1cc(I)cc(C(=O)OCCOC)c1. The van der Waals surface area contributed by atoms with Crippen LogP contribution in [0.2, 0.25) is 0 Å². The van der Waals surface area contributed by atoms with E-state index in [4.69, 9.17) is 18.9 Å². The zero-order chi connectivity index (χ0) is 17.8. The fourth-order valence-electron chi connectivity index (χ4n) is 1.75. The highest BCUT2D eigenvalue weighted by Gasteiger charge is 2.14. The van der Waals surface area contributed by atoms with Crippen LogP contribution in [0.1, 0.15) is 40.5 Å². The molecule has 0 aromatic heterocycles. The van der Waals surface area contributed by atoms with E-state index >= 15 is 0 Å². The number of ether oxygens (including phenoxy) is 4. The summed E-state index contributed by atoms with van der Waals surface area (Å²) < 4.78 is 21.1. The molecule has 0 bridgehead atoms. The van der Waals surface area contributed by atoms with Crippen molar-refractivity contribution in [3.8, 4) is 0 Å². The van der Waals surface area contributed by atoms with Crippen molar-refractivity contribution in [2.45, 2.75) is 19.8 Å². The molecular weight excluding hydrogens is 427 g/mol. The first kappa shape index (κ1) is 20.9. The molecule has 0 amide bonds. The summed E-state index contributed by atoms with van der Waals surface area (Å²) in [5.74, 6) is -0.985. The number of rotatable bonds is 11. The Kier molecular flexibility index (Phi) is 10.6. The van der Waals surface area contributed by atoms with E-state index in [0.29, 0.717) is 30.9 Å². The van der Waals surface area contributed by atoms with Crippen LogP contribution in [0.5, 0.6) is 0 Å². The monoisotopic (exact) mass is 450 g/mol. The van der Waals surface area contributed by atoms with E-state index < -0.39 is 11.9 Å². The first-order valence-electron chi connectivity index (χ1n) is 7.80. The average molecular weight is 450 g/mol. The molecule has 7 heteroatoms. The minimum absolute atomic E-state index is 0.162. The van der Waals surface area contributed by atoms with Gasteiger partial charge in [-0.15, -0.1) is 0 Å². The van der Waals surface area contributed by atoms with Crippen molar-refractivity contribution in [1.29, 1.82) is 0 Å². The van der Waals surface area contributed by atoms with Crippen LogP contribution in [0.3, 0.4) is 0 Å². The Bertz CT molecular complexity index is 532. The van der Waals surface area contributed by atoms with Gasteiger partial charge < -0.3 is 18.9 Å². The van der Waals surface area contributed by atoms with Gasteiger partial charge in [-0.2, -0.15) is 0 Å². The lowest BCUT2D eigenvalue weighted by Gasteiger charge is -2.08. The summed E-state index contributed by atoms with van der Waals surface area (Å²) in [7, 11) is 1.53. The molecule has 0 radical (unpaired) electrons. The zero-order valence-electron chi connectivity index (χ0n) is 14.0. The molecular formula is C17H23IO6. The van der Waals surface area contributed by atoms with E-state index in [-0.39, 0.29) is 13.2 Å². The number of carbonyl (C=O) groups excluding carboxylic acids is 2. The second kappa shape index (κ2) is 12.2. The van der Waals surface area contributed by atoms with E-state index in [9.17, 15) is 9.59 Å². The van der Waals surface area contributed by atoms with Crippen LogP contribution in [-0.2, 0) is 18.9 Å². The molecule has 6 nitrogen and oxygen atoms in total. The first-order chi connectivity index (χ1) is 11.6. The van der Waals surface area contributed by atoms with Gasteiger partial charge in [0.1, 0.15) is 13.2 Å². The number of benzene rings is 1. The molecule has 0 unspecified atom stereocenters. The molecule has 0 aliphatic carbocycles. The molecule has 0 saturated carbocycles. The summed E-state index contributed by atoms with van der Waals surface area (Å²) in [5.41, 5.74) is 0.623. The zero-order valence-corrected chi connectivity index (χ0v) is 16.2. The lowest BCUT2D eigenvalue weighted by atomic mass is 10.1. The third kappa shape index (κ3) is 8.07. The van der Waals surface area contributed by atoms with Gasteiger partial charge in [-0.3, -0.25) is 0 Å². The van der Waals surface area contributed by atoms with Crippen molar-refractivity contribution >= 4 is 34.5 Å². The van der Waals surface area contributed by atoms with Crippen LogP contribution in [-0.4, -0.2) is 52.1 Å². The van der Waals surface area contributed by atoms with Crippen LogP contribution >= 0.6 is 22.6 Å².